The standard InChI is InChI=1S/C22H23N5O4/c1-13-4-5-14(2)18(10-13)31-19-9-6-15(11-24-19)12-25-22(29)27-17-8-7-16(20(23)28)26-21(17)30-3/h4-11H,12H2,1-3H3,(H2,23,28)(H2,25,27,29). The van der Waals surface area contributed by atoms with E-state index in [4.69, 9.17) is 15.2 Å². The number of carbonyl (C=O) groups excluding carboxylic acids is 2. The minimum absolute atomic E-state index is 0.0389. The Morgan fingerprint density at radius 2 is 1.90 bits per heavy atom. The first-order chi connectivity index (χ1) is 14.9. The maximum absolute atomic E-state index is 12.2. The summed E-state index contributed by atoms with van der Waals surface area (Å²) in [5.74, 6) is 0.614. The second-order valence-corrected chi connectivity index (χ2v) is 6.80. The molecular weight excluding hydrogens is 398 g/mol. The van der Waals surface area contributed by atoms with Crippen LogP contribution in [-0.4, -0.2) is 29.0 Å². The number of hydrogen-bond acceptors (Lipinski definition) is 6. The van der Waals surface area contributed by atoms with Gasteiger partial charge in [-0.2, -0.15) is 0 Å². The molecule has 0 aliphatic rings. The molecule has 3 amide bonds. The third-order valence-corrected chi connectivity index (χ3v) is 4.36. The molecule has 3 aromatic rings. The first-order valence-electron chi connectivity index (χ1n) is 9.45. The van der Waals surface area contributed by atoms with Crippen LogP contribution in [0.5, 0.6) is 17.5 Å². The number of benzene rings is 1. The van der Waals surface area contributed by atoms with Crippen LogP contribution in [0.1, 0.15) is 27.2 Å². The molecule has 0 unspecified atom stereocenters. The minimum atomic E-state index is -0.688. The zero-order chi connectivity index (χ0) is 22.4. The summed E-state index contributed by atoms with van der Waals surface area (Å²) in [4.78, 5) is 31.7. The van der Waals surface area contributed by atoms with Gasteiger partial charge in [-0.3, -0.25) is 4.79 Å². The largest absolute Gasteiger partial charge is 0.479 e. The molecule has 0 atom stereocenters. The van der Waals surface area contributed by atoms with Crippen LogP contribution in [0.4, 0.5) is 10.5 Å². The van der Waals surface area contributed by atoms with E-state index >= 15 is 0 Å². The summed E-state index contributed by atoms with van der Waals surface area (Å²) < 4.78 is 10.9. The number of carbonyl (C=O) groups is 2. The lowest BCUT2D eigenvalue weighted by atomic mass is 10.1. The summed E-state index contributed by atoms with van der Waals surface area (Å²) in [7, 11) is 1.38. The Balaban J connectivity index is 1.57. The minimum Gasteiger partial charge on any atom is -0.479 e. The van der Waals surface area contributed by atoms with Gasteiger partial charge in [0.15, 0.2) is 0 Å². The molecule has 0 fully saturated rings. The predicted molar refractivity (Wildman–Crippen MR) is 115 cm³/mol. The number of aryl methyl sites for hydroxylation is 2. The quantitative estimate of drug-likeness (QED) is 0.537. The number of nitrogens with one attached hydrogen (secondary N) is 2. The van der Waals surface area contributed by atoms with Crippen molar-refractivity contribution in [1.29, 1.82) is 0 Å². The molecule has 2 aromatic heterocycles. The van der Waals surface area contributed by atoms with Crippen LogP contribution in [0.3, 0.4) is 0 Å². The van der Waals surface area contributed by atoms with Crippen LogP contribution in [0.15, 0.2) is 48.7 Å². The topological polar surface area (TPSA) is 128 Å². The molecule has 1 aromatic carbocycles. The molecule has 9 heteroatoms. The van der Waals surface area contributed by atoms with E-state index in [1.54, 1.807) is 12.3 Å². The van der Waals surface area contributed by atoms with Gasteiger partial charge in [0, 0.05) is 18.8 Å². The predicted octanol–water partition coefficient (Wildman–Crippen LogP) is 3.31. The molecule has 3 rings (SSSR count). The zero-order valence-corrected chi connectivity index (χ0v) is 17.4. The van der Waals surface area contributed by atoms with Gasteiger partial charge in [-0.1, -0.05) is 18.2 Å². The van der Waals surface area contributed by atoms with Crippen LogP contribution in [0.25, 0.3) is 0 Å². The van der Waals surface area contributed by atoms with Gasteiger partial charge in [-0.25, -0.2) is 14.8 Å². The first-order valence-corrected chi connectivity index (χ1v) is 9.45. The van der Waals surface area contributed by atoms with Gasteiger partial charge >= 0.3 is 6.03 Å². The number of amides is 3. The van der Waals surface area contributed by atoms with Gasteiger partial charge in [0.25, 0.3) is 5.91 Å². The number of anilines is 1. The van der Waals surface area contributed by atoms with Crippen molar-refractivity contribution in [2.24, 2.45) is 5.73 Å². The molecule has 0 saturated carbocycles. The second kappa shape index (κ2) is 9.57. The van der Waals surface area contributed by atoms with E-state index in [1.807, 2.05) is 38.1 Å². The fraction of sp³-hybridized carbons (Fsp3) is 0.182. The van der Waals surface area contributed by atoms with E-state index in [9.17, 15) is 9.59 Å². The normalized spacial score (nSPS) is 10.3. The number of methoxy groups -OCH3 is 1. The monoisotopic (exact) mass is 421 g/mol. The Morgan fingerprint density at radius 1 is 1.10 bits per heavy atom. The SMILES string of the molecule is COc1nc(C(N)=O)ccc1NC(=O)NCc1ccc(Oc2cc(C)ccc2C)nc1. The number of primary amides is 1. The molecule has 2 heterocycles. The van der Waals surface area contributed by atoms with Crippen molar-refractivity contribution in [3.8, 4) is 17.5 Å². The van der Waals surface area contributed by atoms with Crippen LogP contribution >= 0.6 is 0 Å². The van der Waals surface area contributed by atoms with Gasteiger partial charge in [-0.15, -0.1) is 0 Å². The van der Waals surface area contributed by atoms with E-state index in [2.05, 4.69) is 20.6 Å². The summed E-state index contributed by atoms with van der Waals surface area (Å²) >= 11 is 0. The number of nitrogens with zero attached hydrogens (tertiary/aromatic N) is 2. The Kier molecular flexibility index (Phi) is 6.66. The Bertz CT molecular complexity index is 1100. The lowest BCUT2D eigenvalue weighted by molar-refractivity contribution is 0.0995. The summed E-state index contributed by atoms with van der Waals surface area (Å²) in [6.07, 6.45) is 1.63. The number of ether oxygens (including phenoxy) is 2. The lowest BCUT2D eigenvalue weighted by Crippen LogP contribution is -2.28. The maximum Gasteiger partial charge on any atom is 0.319 e. The average molecular weight is 421 g/mol. The van der Waals surface area contributed by atoms with Crippen LogP contribution in [0.2, 0.25) is 0 Å². The maximum atomic E-state index is 12.2. The summed E-state index contributed by atoms with van der Waals surface area (Å²) in [5, 5.41) is 5.33. The molecule has 0 saturated heterocycles. The smallest absolute Gasteiger partial charge is 0.319 e. The molecule has 0 spiro atoms. The number of pyridine rings is 2. The van der Waals surface area contributed by atoms with E-state index in [1.165, 1.54) is 19.2 Å². The van der Waals surface area contributed by atoms with Gasteiger partial charge in [0.1, 0.15) is 17.1 Å². The molecule has 31 heavy (non-hydrogen) atoms. The van der Waals surface area contributed by atoms with Crippen molar-refractivity contribution in [2.75, 3.05) is 12.4 Å². The number of rotatable bonds is 7. The van der Waals surface area contributed by atoms with Crippen molar-refractivity contribution in [2.45, 2.75) is 20.4 Å². The molecule has 160 valence electrons. The number of urea groups is 1. The van der Waals surface area contributed by atoms with E-state index in [0.29, 0.717) is 11.6 Å². The highest BCUT2D eigenvalue weighted by molar-refractivity contribution is 5.93. The fourth-order valence-corrected chi connectivity index (χ4v) is 2.68. The van der Waals surface area contributed by atoms with Crippen LogP contribution in [-0.2, 0) is 6.54 Å². The summed E-state index contributed by atoms with van der Waals surface area (Å²) in [6, 6.07) is 12.0. The molecule has 0 bridgehead atoms. The number of hydrogen-bond donors (Lipinski definition) is 3. The van der Waals surface area contributed by atoms with Crippen molar-refractivity contribution in [3.63, 3.8) is 0 Å². The van der Waals surface area contributed by atoms with Crippen molar-refractivity contribution in [3.05, 3.63) is 71.0 Å². The van der Waals surface area contributed by atoms with Crippen LogP contribution in [0, 0.1) is 13.8 Å². The van der Waals surface area contributed by atoms with Crippen molar-refractivity contribution >= 4 is 17.6 Å². The van der Waals surface area contributed by atoms with Gasteiger partial charge in [0.2, 0.25) is 11.8 Å². The van der Waals surface area contributed by atoms with Gasteiger partial charge < -0.3 is 25.8 Å². The van der Waals surface area contributed by atoms with Crippen molar-refractivity contribution in [1.82, 2.24) is 15.3 Å². The summed E-state index contributed by atoms with van der Waals surface area (Å²) in [6.45, 7) is 4.21. The molecule has 4 N–H and O–H groups in total. The Morgan fingerprint density at radius 3 is 2.58 bits per heavy atom. The van der Waals surface area contributed by atoms with Crippen molar-refractivity contribution < 1.29 is 19.1 Å². The highest BCUT2D eigenvalue weighted by atomic mass is 16.5. The Labute approximate surface area is 179 Å². The number of aromatic nitrogens is 2. The molecule has 9 nitrogen and oxygen atoms in total. The molecule has 0 aliphatic carbocycles. The van der Waals surface area contributed by atoms with Gasteiger partial charge in [0.05, 0.1) is 7.11 Å². The zero-order valence-electron chi connectivity index (χ0n) is 17.4. The highest BCUT2D eigenvalue weighted by Gasteiger charge is 2.12. The third kappa shape index (κ3) is 5.69. The molecule has 0 aliphatic heterocycles. The number of nitrogens with two attached hydrogens (primary N) is 1. The molecule has 0 radical (unpaired) electrons. The van der Waals surface area contributed by atoms with Crippen LogP contribution < -0.4 is 25.8 Å². The van der Waals surface area contributed by atoms with Gasteiger partial charge in [-0.05, 0) is 48.7 Å². The highest BCUT2D eigenvalue weighted by Crippen LogP contribution is 2.25. The van der Waals surface area contributed by atoms with E-state index in [0.717, 1.165) is 22.4 Å². The lowest BCUT2D eigenvalue weighted by Gasteiger charge is -2.11. The first kappa shape index (κ1) is 21.6. The molecular formula is C22H23N5O4. The third-order valence-electron chi connectivity index (χ3n) is 4.36. The summed E-state index contributed by atoms with van der Waals surface area (Å²) in [5.41, 5.74) is 8.45. The average Bonchev–Trinajstić information content (AvgIpc) is 2.76. The fourth-order valence-electron chi connectivity index (χ4n) is 2.68. The Hall–Kier alpha value is -4.14. The van der Waals surface area contributed by atoms with E-state index in [-0.39, 0.29) is 18.1 Å². The van der Waals surface area contributed by atoms with E-state index < -0.39 is 11.9 Å². The second-order valence-electron chi connectivity index (χ2n) is 6.80.